The van der Waals surface area contributed by atoms with E-state index in [0.29, 0.717) is 16.1 Å². The molecule has 0 saturated heterocycles. The maximum Gasteiger partial charge on any atom is 0.265 e. The number of thiophene rings is 1. The van der Waals surface area contributed by atoms with Crippen LogP contribution in [-0.4, -0.2) is 29.1 Å². The van der Waals surface area contributed by atoms with Gasteiger partial charge in [0.25, 0.3) is 11.8 Å². The number of hydrogen-bond donors (Lipinski definition) is 3. The standard InChI is InChI=1S/C18H20N2O3S/c21-15-8-2-1-7-14(15)20-17(22)12-5-3-6-13(11-12)19-18(23)16-9-4-10-24-16/h3-6,9-11,14-15,21H,1-2,7-8H2,(H,19,23)(H,20,22). The van der Waals surface area contributed by atoms with Gasteiger partial charge in [0.15, 0.2) is 0 Å². The van der Waals surface area contributed by atoms with Gasteiger partial charge >= 0.3 is 0 Å². The molecule has 0 spiro atoms. The van der Waals surface area contributed by atoms with Crippen LogP contribution < -0.4 is 10.6 Å². The average molecular weight is 344 g/mol. The van der Waals surface area contributed by atoms with E-state index in [1.165, 1.54) is 11.3 Å². The maximum atomic E-state index is 12.4. The van der Waals surface area contributed by atoms with Gasteiger partial charge in [-0.1, -0.05) is 25.0 Å². The molecule has 0 bridgehead atoms. The van der Waals surface area contributed by atoms with Crippen LogP contribution >= 0.6 is 11.3 Å². The molecular weight excluding hydrogens is 324 g/mol. The third-order valence-electron chi connectivity index (χ3n) is 4.17. The molecule has 126 valence electrons. The van der Waals surface area contributed by atoms with Crippen LogP contribution in [0, 0.1) is 0 Å². The molecule has 1 aliphatic carbocycles. The highest BCUT2D eigenvalue weighted by Crippen LogP contribution is 2.19. The Morgan fingerprint density at radius 1 is 1.08 bits per heavy atom. The first-order valence-electron chi connectivity index (χ1n) is 8.07. The molecular formula is C18H20N2O3S. The fourth-order valence-electron chi connectivity index (χ4n) is 2.87. The van der Waals surface area contributed by atoms with Crippen molar-refractivity contribution in [1.82, 2.24) is 5.32 Å². The minimum atomic E-state index is -0.482. The minimum Gasteiger partial charge on any atom is -0.391 e. The Labute approximate surface area is 144 Å². The predicted octanol–water partition coefficient (Wildman–Crippen LogP) is 3.03. The fraction of sp³-hybridized carbons (Fsp3) is 0.333. The molecule has 24 heavy (non-hydrogen) atoms. The molecule has 1 saturated carbocycles. The lowest BCUT2D eigenvalue weighted by atomic mass is 9.92. The molecule has 1 aromatic carbocycles. The number of aliphatic hydroxyl groups is 1. The van der Waals surface area contributed by atoms with E-state index in [4.69, 9.17) is 0 Å². The van der Waals surface area contributed by atoms with E-state index in [1.54, 1.807) is 30.3 Å². The van der Waals surface area contributed by atoms with Crippen LogP contribution in [0.1, 0.15) is 45.7 Å². The van der Waals surface area contributed by atoms with E-state index in [9.17, 15) is 14.7 Å². The summed E-state index contributed by atoms with van der Waals surface area (Å²) in [5.74, 6) is -0.418. The number of benzene rings is 1. The summed E-state index contributed by atoms with van der Waals surface area (Å²) in [6.45, 7) is 0. The first-order chi connectivity index (χ1) is 11.6. The molecule has 5 nitrogen and oxygen atoms in total. The second kappa shape index (κ2) is 7.59. The van der Waals surface area contributed by atoms with E-state index in [0.717, 1.165) is 25.7 Å². The lowest BCUT2D eigenvalue weighted by molar-refractivity contribution is 0.0717. The Bertz CT molecular complexity index is 715. The van der Waals surface area contributed by atoms with Crippen molar-refractivity contribution >= 4 is 28.8 Å². The van der Waals surface area contributed by atoms with Crippen molar-refractivity contribution < 1.29 is 14.7 Å². The molecule has 2 atom stereocenters. The smallest absolute Gasteiger partial charge is 0.265 e. The summed E-state index contributed by atoms with van der Waals surface area (Å²) in [5.41, 5.74) is 1.04. The predicted molar refractivity (Wildman–Crippen MR) is 94.4 cm³/mol. The van der Waals surface area contributed by atoms with Gasteiger partial charge in [0.2, 0.25) is 0 Å². The lowest BCUT2D eigenvalue weighted by Gasteiger charge is -2.28. The van der Waals surface area contributed by atoms with Gasteiger partial charge < -0.3 is 15.7 Å². The molecule has 0 aliphatic heterocycles. The number of carbonyl (C=O) groups is 2. The van der Waals surface area contributed by atoms with Gasteiger partial charge in [0.1, 0.15) is 0 Å². The Morgan fingerprint density at radius 3 is 2.67 bits per heavy atom. The van der Waals surface area contributed by atoms with Crippen molar-refractivity contribution in [3.05, 3.63) is 52.2 Å². The Morgan fingerprint density at radius 2 is 1.92 bits per heavy atom. The minimum absolute atomic E-state index is 0.190. The molecule has 1 heterocycles. The van der Waals surface area contributed by atoms with Gasteiger partial charge in [-0.2, -0.15) is 0 Å². The normalized spacial score (nSPS) is 20.4. The topological polar surface area (TPSA) is 78.4 Å². The van der Waals surface area contributed by atoms with Crippen molar-refractivity contribution in [3.8, 4) is 0 Å². The second-order valence-corrected chi connectivity index (χ2v) is 6.89. The van der Waals surface area contributed by atoms with Crippen molar-refractivity contribution in [3.63, 3.8) is 0 Å². The molecule has 2 aromatic rings. The van der Waals surface area contributed by atoms with Gasteiger partial charge in [-0.3, -0.25) is 9.59 Å². The zero-order valence-electron chi connectivity index (χ0n) is 13.2. The van der Waals surface area contributed by atoms with Crippen LogP contribution in [0.25, 0.3) is 0 Å². The molecule has 2 unspecified atom stereocenters. The van der Waals surface area contributed by atoms with Crippen LogP contribution in [0.5, 0.6) is 0 Å². The van der Waals surface area contributed by atoms with Crippen molar-refractivity contribution in [1.29, 1.82) is 0 Å². The van der Waals surface area contributed by atoms with Crippen LogP contribution in [-0.2, 0) is 0 Å². The first-order valence-corrected chi connectivity index (χ1v) is 8.95. The molecule has 1 aliphatic rings. The third kappa shape index (κ3) is 4.01. The average Bonchev–Trinajstić information content (AvgIpc) is 3.12. The molecule has 6 heteroatoms. The molecule has 1 aromatic heterocycles. The third-order valence-corrected chi connectivity index (χ3v) is 5.04. The molecule has 2 amide bonds. The number of hydrogen-bond acceptors (Lipinski definition) is 4. The molecule has 3 N–H and O–H groups in total. The monoisotopic (exact) mass is 344 g/mol. The van der Waals surface area contributed by atoms with E-state index in [2.05, 4.69) is 10.6 Å². The second-order valence-electron chi connectivity index (χ2n) is 5.94. The fourth-order valence-corrected chi connectivity index (χ4v) is 3.49. The zero-order chi connectivity index (χ0) is 16.9. The molecule has 0 radical (unpaired) electrons. The zero-order valence-corrected chi connectivity index (χ0v) is 14.0. The number of aliphatic hydroxyl groups excluding tert-OH is 1. The summed E-state index contributed by atoms with van der Waals surface area (Å²) in [4.78, 5) is 25.1. The summed E-state index contributed by atoms with van der Waals surface area (Å²) >= 11 is 1.37. The quantitative estimate of drug-likeness (QED) is 0.798. The Kier molecular flexibility index (Phi) is 5.27. The van der Waals surface area contributed by atoms with E-state index in [1.807, 2.05) is 11.4 Å². The van der Waals surface area contributed by atoms with Crippen LogP contribution in [0.2, 0.25) is 0 Å². The Balaban J connectivity index is 1.66. The van der Waals surface area contributed by atoms with Crippen molar-refractivity contribution in [2.75, 3.05) is 5.32 Å². The first kappa shape index (κ1) is 16.7. The highest BCUT2D eigenvalue weighted by Gasteiger charge is 2.24. The number of anilines is 1. The highest BCUT2D eigenvalue weighted by atomic mass is 32.1. The molecule has 1 fully saturated rings. The summed E-state index contributed by atoms with van der Waals surface area (Å²) in [7, 11) is 0. The van der Waals surface area contributed by atoms with E-state index in [-0.39, 0.29) is 17.9 Å². The van der Waals surface area contributed by atoms with Gasteiger partial charge in [-0.25, -0.2) is 0 Å². The van der Waals surface area contributed by atoms with Gasteiger partial charge in [0.05, 0.1) is 17.0 Å². The van der Waals surface area contributed by atoms with E-state index < -0.39 is 6.10 Å². The highest BCUT2D eigenvalue weighted by molar-refractivity contribution is 7.12. The number of rotatable bonds is 4. The number of nitrogens with one attached hydrogen (secondary N) is 2. The van der Waals surface area contributed by atoms with Crippen LogP contribution in [0.3, 0.4) is 0 Å². The summed E-state index contributed by atoms with van der Waals surface area (Å²) in [6.07, 6.45) is 3.05. The van der Waals surface area contributed by atoms with Gasteiger partial charge in [-0.15, -0.1) is 11.3 Å². The maximum absolute atomic E-state index is 12.4. The SMILES string of the molecule is O=C(NC1CCCCC1O)c1cccc(NC(=O)c2cccs2)c1. The number of carbonyl (C=O) groups excluding carboxylic acids is 2. The van der Waals surface area contributed by atoms with Crippen molar-refractivity contribution in [2.45, 2.75) is 37.8 Å². The largest absolute Gasteiger partial charge is 0.391 e. The van der Waals surface area contributed by atoms with Gasteiger partial charge in [-0.05, 0) is 42.5 Å². The summed E-state index contributed by atoms with van der Waals surface area (Å²) in [5, 5.41) is 17.5. The van der Waals surface area contributed by atoms with Crippen LogP contribution in [0.4, 0.5) is 5.69 Å². The molecule has 3 rings (SSSR count). The number of amides is 2. The summed E-state index contributed by atoms with van der Waals surface area (Å²) in [6, 6.07) is 10.2. The lowest BCUT2D eigenvalue weighted by Crippen LogP contribution is -2.45. The van der Waals surface area contributed by atoms with Crippen molar-refractivity contribution in [2.24, 2.45) is 0 Å². The Hall–Kier alpha value is -2.18. The van der Waals surface area contributed by atoms with E-state index >= 15 is 0 Å². The van der Waals surface area contributed by atoms with Crippen LogP contribution in [0.15, 0.2) is 41.8 Å². The van der Waals surface area contributed by atoms with Gasteiger partial charge in [0, 0.05) is 11.3 Å². The summed E-state index contributed by atoms with van der Waals surface area (Å²) < 4.78 is 0.